The van der Waals surface area contributed by atoms with E-state index in [9.17, 15) is 9.18 Å². The van der Waals surface area contributed by atoms with Crippen molar-refractivity contribution in [3.05, 3.63) is 48.6 Å². The van der Waals surface area contributed by atoms with Crippen LogP contribution in [0.5, 0.6) is 5.75 Å². The standard InChI is InChI=1S/C19H23FN4O2S/c1-3-10-24-17(11-26-16-8-6-15(20)7-9-16)22-23-19(24)27-12-18(25)21-13(2)14-4-5-14/h3,6-9,13-14H,1,4-5,10-12H2,2H3,(H,21,25)/t13-/m1/s1. The molecule has 0 unspecified atom stereocenters. The van der Waals surface area contributed by atoms with Gasteiger partial charge < -0.3 is 10.1 Å². The summed E-state index contributed by atoms with van der Waals surface area (Å²) in [5.41, 5.74) is 0. The molecule has 0 spiro atoms. The van der Waals surface area contributed by atoms with Gasteiger partial charge in [-0.05, 0) is 49.9 Å². The largest absolute Gasteiger partial charge is 0.486 e. The molecule has 1 amide bonds. The van der Waals surface area contributed by atoms with Crippen molar-refractivity contribution in [2.45, 2.75) is 44.1 Å². The van der Waals surface area contributed by atoms with E-state index in [4.69, 9.17) is 4.74 Å². The van der Waals surface area contributed by atoms with Crippen LogP contribution in [0.4, 0.5) is 4.39 Å². The average Bonchev–Trinajstić information content (AvgIpc) is 3.44. The van der Waals surface area contributed by atoms with Gasteiger partial charge in [-0.3, -0.25) is 9.36 Å². The molecule has 144 valence electrons. The Morgan fingerprint density at radius 2 is 2.19 bits per heavy atom. The van der Waals surface area contributed by atoms with Gasteiger partial charge in [0.05, 0.1) is 5.75 Å². The molecule has 0 aliphatic heterocycles. The SMILES string of the molecule is C=CCn1c(COc2ccc(F)cc2)nnc1SCC(=O)N[C@H](C)C1CC1. The number of rotatable bonds is 10. The zero-order valence-corrected chi connectivity index (χ0v) is 16.0. The maximum Gasteiger partial charge on any atom is 0.230 e. The highest BCUT2D eigenvalue weighted by atomic mass is 32.2. The first-order valence-electron chi connectivity index (χ1n) is 8.90. The van der Waals surface area contributed by atoms with Crippen molar-refractivity contribution in [2.75, 3.05) is 5.75 Å². The van der Waals surface area contributed by atoms with Crippen LogP contribution < -0.4 is 10.1 Å². The van der Waals surface area contributed by atoms with E-state index in [0.29, 0.717) is 29.2 Å². The highest BCUT2D eigenvalue weighted by Crippen LogP contribution is 2.32. The monoisotopic (exact) mass is 390 g/mol. The first kappa shape index (κ1) is 19.4. The van der Waals surface area contributed by atoms with Gasteiger partial charge in [-0.25, -0.2) is 4.39 Å². The van der Waals surface area contributed by atoms with E-state index >= 15 is 0 Å². The third-order valence-corrected chi connectivity index (χ3v) is 5.30. The van der Waals surface area contributed by atoms with Crippen molar-refractivity contribution in [1.29, 1.82) is 0 Å². The minimum absolute atomic E-state index is 0.00309. The molecule has 3 rings (SSSR count). The van der Waals surface area contributed by atoms with E-state index in [1.54, 1.807) is 18.2 Å². The Hall–Kier alpha value is -2.35. The molecule has 0 bridgehead atoms. The van der Waals surface area contributed by atoms with Crippen LogP contribution in [-0.4, -0.2) is 32.5 Å². The van der Waals surface area contributed by atoms with Crippen LogP contribution in [0.25, 0.3) is 0 Å². The number of amides is 1. The molecule has 27 heavy (non-hydrogen) atoms. The lowest BCUT2D eigenvalue weighted by Gasteiger charge is -2.12. The molecule has 1 saturated carbocycles. The van der Waals surface area contributed by atoms with Crippen molar-refractivity contribution in [3.8, 4) is 5.75 Å². The van der Waals surface area contributed by atoms with Gasteiger partial charge in [0.25, 0.3) is 0 Å². The Morgan fingerprint density at radius 3 is 2.85 bits per heavy atom. The van der Waals surface area contributed by atoms with Gasteiger partial charge in [0.1, 0.15) is 18.2 Å². The minimum atomic E-state index is -0.315. The lowest BCUT2D eigenvalue weighted by molar-refractivity contribution is -0.119. The number of thioether (sulfide) groups is 1. The summed E-state index contributed by atoms with van der Waals surface area (Å²) in [6.45, 7) is 6.51. The Morgan fingerprint density at radius 1 is 1.44 bits per heavy atom. The van der Waals surface area contributed by atoms with Crippen molar-refractivity contribution in [2.24, 2.45) is 5.92 Å². The van der Waals surface area contributed by atoms with E-state index < -0.39 is 0 Å². The van der Waals surface area contributed by atoms with Crippen LogP contribution in [0, 0.1) is 11.7 Å². The number of carbonyl (C=O) groups excluding carboxylic acids is 1. The molecule has 6 nitrogen and oxygen atoms in total. The number of halogens is 1. The summed E-state index contributed by atoms with van der Waals surface area (Å²) < 4.78 is 20.5. The number of nitrogens with zero attached hydrogens (tertiary/aromatic N) is 3. The molecule has 1 aromatic carbocycles. The van der Waals surface area contributed by atoms with Gasteiger partial charge in [-0.15, -0.1) is 16.8 Å². The zero-order valence-electron chi connectivity index (χ0n) is 15.2. The second kappa shape index (κ2) is 9.03. The highest BCUT2D eigenvalue weighted by Gasteiger charge is 2.28. The van der Waals surface area contributed by atoms with E-state index in [1.165, 1.54) is 36.7 Å². The van der Waals surface area contributed by atoms with Crippen LogP contribution in [0.1, 0.15) is 25.6 Å². The number of hydrogen-bond donors (Lipinski definition) is 1. The predicted molar refractivity (Wildman–Crippen MR) is 102 cm³/mol. The fourth-order valence-corrected chi connectivity index (χ4v) is 3.44. The second-order valence-corrected chi connectivity index (χ2v) is 7.47. The molecule has 1 atom stereocenters. The third-order valence-electron chi connectivity index (χ3n) is 4.34. The van der Waals surface area contributed by atoms with Crippen LogP contribution >= 0.6 is 11.8 Å². The van der Waals surface area contributed by atoms with Crippen molar-refractivity contribution >= 4 is 17.7 Å². The highest BCUT2D eigenvalue weighted by molar-refractivity contribution is 7.99. The summed E-state index contributed by atoms with van der Waals surface area (Å²) in [5, 5.41) is 12.0. The molecule has 1 aliphatic rings. The molecule has 1 heterocycles. The first-order chi connectivity index (χ1) is 13.1. The third kappa shape index (κ3) is 5.56. The smallest absolute Gasteiger partial charge is 0.230 e. The van der Waals surface area contributed by atoms with Gasteiger partial charge in [0, 0.05) is 12.6 Å². The lowest BCUT2D eigenvalue weighted by Crippen LogP contribution is -2.35. The second-order valence-electron chi connectivity index (χ2n) is 6.52. The van der Waals surface area contributed by atoms with Crippen LogP contribution in [0.3, 0.4) is 0 Å². The minimum Gasteiger partial charge on any atom is -0.486 e. The molecule has 1 N–H and O–H groups in total. The molecular formula is C19H23FN4O2S. The van der Waals surface area contributed by atoms with Gasteiger partial charge in [0.2, 0.25) is 5.91 Å². The Kier molecular flexibility index (Phi) is 6.49. The molecular weight excluding hydrogens is 367 g/mol. The van der Waals surface area contributed by atoms with Gasteiger partial charge in [-0.2, -0.15) is 0 Å². The number of nitrogens with one attached hydrogen (secondary N) is 1. The average molecular weight is 390 g/mol. The van der Waals surface area contributed by atoms with Crippen LogP contribution in [-0.2, 0) is 17.9 Å². The Balaban J connectivity index is 1.57. The Bertz CT molecular complexity index is 790. The maximum atomic E-state index is 13.0. The summed E-state index contributed by atoms with van der Waals surface area (Å²) >= 11 is 1.34. The number of carbonyl (C=O) groups is 1. The van der Waals surface area contributed by atoms with Gasteiger partial charge in [-0.1, -0.05) is 17.8 Å². The number of allylic oxidation sites excluding steroid dienone is 1. The maximum absolute atomic E-state index is 13.0. The summed E-state index contributed by atoms with van der Waals surface area (Å²) in [7, 11) is 0. The number of aromatic nitrogens is 3. The Labute approximate surface area is 162 Å². The number of ether oxygens (including phenoxy) is 1. The van der Waals surface area contributed by atoms with Gasteiger partial charge in [0.15, 0.2) is 11.0 Å². The van der Waals surface area contributed by atoms with Crippen LogP contribution in [0.15, 0.2) is 42.1 Å². The zero-order chi connectivity index (χ0) is 19.2. The summed E-state index contributed by atoms with van der Waals surface area (Å²) in [6, 6.07) is 6.03. The molecule has 0 saturated heterocycles. The van der Waals surface area contributed by atoms with Crippen LogP contribution in [0.2, 0.25) is 0 Å². The summed E-state index contributed by atoms with van der Waals surface area (Å²) in [6.07, 6.45) is 4.13. The van der Waals surface area contributed by atoms with Crippen molar-refractivity contribution in [3.63, 3.8) is 0 Å². The van der Waals surface area contributed by atoms with Crippen molar-refractivity contribution < 1.29 is 13.9 Å². The molecule has 1 fully saturated rings. The molecule has 1 aromatic heterocycles. The number of benzene rings is 1. The normalized spacial score (nSPS) is 14.6. The first-order valence-corrected chi connectivity index (χ1v) is 9.89. The topological polar surface area (TPSA) is 69.0 Å². The number of hydrogen-bond acceptors (Lipinski definition) is 5. The lowest BCUT2D eigenvalue weighted by atomic mass is 10.2. The van der Waals surface area contributed by atoms with E-state index in [-0.39, 0.29) is 30.1 Å². The summed E-state index contributed by atoms with van der Waals surface area (Å²) in [4.78, 5) is 12.1. The van der Waals surface area contributed by atoms with E-state index in [2.05, 4.69) is 22.1 Å². The van der Waals surface area contributed by atoms with Crippen molar-refractivity contribution in [1.82, 2.24) is 20.1 Å². The molecule has 2 aromatic rings. The van der Waals surface area contributed by atoms with Gasteiger partial charge >= 0.3 is 0 Å². The molecule has 0 radical (unpaired) electrons. The van der Waals surface area contributed by atoms with E-state index in [1.807, 2.05) is 11.5 Å². The quantitative estimate of drug-likeness (QED) is 0.498. The fourth-order valence-electron chi connectivity index (χ4n) is 2.66. The predicted octanol–water partition coefficient (Wildman–Crippen LogP) is 3.19. The van der Waals surface area contributed by atoms with E-state index in [0.717, 1.165) is 0 Å². The fraction of sp³-hybridized carbons (Fsp3) is 0.421. The molecule has 1 aliphatic carbocycles. The molecule has 8 heteroatoms. The summed E-state index contributed by atoms with van der Waals surface area (Å²) in [5.74, 6) is 1.76.